The molecule has 0 spiro atoms. The molecular weight excluding hydrogens is 364 g/mol. The highest BCUT2D eigenvalue weighted by Crippen LogP contribution is 2.19. The Balaban J connectivity index is 1.46. The minimum absolute atomic E-state index is 0.142. The predicted octanol–water partition coefficient (Wildman–Crippen LogP) is 3.02. The smallest absolute Gasteiger partial charge is 0.251 e. The average molecular weight is 388 g/mol. The summed E-state index contributed by atoms with van der Waals surface area (Å²) in [5.41, 5.74) is 2.67. The average Bonchev–Trinajstić information content (AvgIpc) is 3.40. The van der Waals surface area contributed by atoms with E-state index in [-0.39, 0.29) is 17.9 Å². The van der Waals surface area contributed by atoms with Crippen LogP contribution in [0.25, 0.3) is 0 Å². The zero-order chi connectivity index (χ0) is 20.1. The van der Waals surface area contributed by atoms with Crippen LogP contribution in [0, 0.1) is 0 Å². The number of hydrogen-bond acceptors (Lipinski definition) is 3. The summed E-state index contributed by atoms with van der Waals surface area (Å²) in [6.45, 7) is 1.91. The molecule has 4 rings (SSSR count). The van der Waals surface area contributed by atoms with Gasteiger partial charge in [0.1, 0.15) is 0 Å². The molecule has 1 atom stereocenters. The summed E-state index contributed by atoms with van der Waals surface area (Å²) < 4.78 is 1.84. The molecule has 0 unspecified atom stereocenters. The first-order valence-electron chi connectivity index (χ1n) is 9.89. The lowest BCUT2D eigenvalue weighted by Crippen LogP contribution is -2.38. The Morgan fingerprint density at radius 1 is 1.07 bits per heavy atom. The summed E-state index contributed by atoms with van der Waals surface area (Å²) in [5, 5.41) is 7.31. The molecule has 148 valence electrons. The Hall–Kier alpha value is -3.41. The Labute approximate surface area is 170 Å². The lowest BCUT2D eigenvalue weighted by molar-refractivity contribution is -0.128. The third-order valence-corrected chi connectivity index (χ3v) is 5.20. The Bertz CT molecular complexity index is 952. The lowest BCUT2D eigenvalue weighted by Gasteiger charge is -2.25. The molecule has 3 aromatic rings. The minimum Gasteiger partial charge on any atom is -0.343 e. The van der Waals surface area contributed by atoms with Gasteiger partial charge in [0.25, 0.3) is 5.91 Å². The van der Waals surface area contributed by atoms with E-state index in [9.17, 15) is 9.59 Å². The number of benzene rings is 2. The second-order valence-corrected chi connectivity index (χ2v) is 7.28. The van der Waals surface area contributed by atoms with Crippen LogP contribution in [0.1, 0.15) is 40.4 Å². The first kappa shape index (κ1) is 18.9. The summed E-state index contributed by atoms with van der Waals surface area (Å²) in [5.74, 6) is 0.0132. The van der Waals surface area contributed by atoms with Crippen molar-refractivity contribution >= 4 is 11.8 Å². The molecule has 0 bridgehead atoms. The van der Waals surface area contributed by atoms with E-state index in [2.05, 4.69) is 10.4 Å². The normalized spacial score (nSPS) is 14.8. The van der Waals surface area contributed by atoms with Crippen molar-refractivity contribution in [1.82, 2.24) is 20.0 Å². The van der Waals surface area contributed by atoms with Gasteiger partial charge >= 0.3 is 0 Å². The van der Waals surface area contributed by atoms with Crippen LogP contribution in [0.4, 0.5) is 0 Å². The monoisotopic (exact) mass is 388 g/mol. The molecule has 0 aliphatic carbocycles. The van der Waals surface area contributed by atoms with E-state index in [1.165, 1.54) is 0 Å². The van der Waals surface area contributed by atoms with Crippen molar-refractivity contribution in [3.05, 3.63) is 89.7 Å². The van der Waals surface area contributed by atoms with Crippen LogP contribution in [0.2, 0.25) is 0 Å². The highest BCUT2D eigenvalue weighted by atomic mass is 16.2. The third kappa shape index (κ3) is 4.71. The first-order chi connectivity index (χ1) is 14.2. The summed E-state index contributed by atoms with van der Waals surface area (Å²) in [4.78, 5) is 26.8. The van der Waals surface area contributed by atoms with Crippen molar-refractivity contribution in [1.29, 1.82) is 0 Å². The van der Waals surface area contributed by atoms with Crippen molar-refractivity contribution in [3.63, 3.8) is 0 Å². The van der Waals surface area contributed by atoms with Gasteiger partial charge < -0.3 is 10.2 Å². The standard InChI is InChI=1S/C23H24N4O2/c28-22-8-4-14-26(22)17-21(19-6-2-1-3-7-19)25-23(29)20-11-9-18(10-12-20)16-27-15-5-13-24-27/h1-3,5-7,9-13,15,21H,4,8,14,16-17H2,(H,25,29)/t21-/m0/s1. The number of nitrogens with one attached hydrogen (secondary N) is 1. The Kier molecular flexibility index (Phi) is 5.70. The van der Waals surface area contributed by atoms with E-state index in [0.717, 1.165) is 24.1 Å². The van der Waals surface area contributed by atoms with E-state index in [4.69, 9.17) is 0 Å². The van der Waals surface area contributed by atoms with Gasteiger partial charge in [0.2, 0.25) is 5.91 Å². The fourth-order valence-electron chi connectivity index (χ4n) is 3.62. The topological polar surface area (TPSA) is 67.2 Å². The zero-order valence-corrected chi connectivity index (χ0v) is 16.2. The van der Waals surface area contributed by atoms with Gasteiger partial charge in [-0.3, -0.25) is 14.3 Å². The molecule has 1 aromatic heterocycles. The minimum atomic E-state index is -0.241. The largest absolute Gasteiger partial charge is 0.343 e. The second kappa shape index (κ2) is 8.73. The summed E-state index contributed by atoms with van der Waals surface area (Å²) in [6.07, 6.45) is 5.13. The van der Waals surface area contributed by atoms with Gasteiger partial charge in [0.15, 0.2) is 0 Å². The molecule has 6 heteroatoms. The van der Waals surface area contributed by atoms with Gasteiger partial charge in [0.05, 0.1) is 12.6 Å². The first-order valence-corrected chi connectivity index (χ1v) is 9.89. The molecule has 0 saturated carbocycles. The Morgan fingerprint density at radius 2 is 1.86 bits per heavy atom. The number of carbonyl (C=O) groups excluding carboxylic acids is 2. The SMILES string of the molecule is O=C(N[C@@H](CN1CCCC1=O)c1ccccc1)c1ccc(Cn2cccn2)cc1. The molecular formula is C23H24N4O2. The number of hydrogen-bond donors (Lipinski definition) is 1. The van der Waals surface area contributed by atoms with Crippen LogP contribution in [0.15, 0.2) is 73.1 Å². The maximum Gasteiger partial charge on any atom is 0.251 e. The highest BCUT2D eigenvalue weighted by molar-refractivity contribution is 5.94. The summed E-state index contributed by atoms with van der Waals surface area (Å²) in [7, 11) is 0. The van der Waals surface area contributed by atoms with Gasteiger partial charge in [0, 0.05) is 37.5 Å². The zero-order valence-electron chi connectivity index (χ0n) is 16.2. The fraction of sp³-hybridized carbons (Fsp3) is 0.261. The molecule has 2 amide bonds. The van der Waals surface area contributed by atoms with Gasteiger partial charge in [-0.15, -0.1) is 0 Å². The molecule has 1 fully saturated rings. The van der Waals surface area contributed by atoms with Gasteiger partial charge in [-0.2, -0.15) is 5.10 Å². The molecule has 1 N–H and O–H groups in total. The number of carbonyl (C=O) groups is 2. The van der Waals surface area contributed by atoms with Gasteiger partial charge in [-0.05, 0) is 35.7 Å². The quantitative estimate of drug-likeness (QED) is 0.677. The molecule has 1 aliphatic rings. The van der Waals surface area contributed by atoms with Gasteiger partial charge in [-0.1, -0.05) is 42.5 Å². The van der Waals surface area contributed by atoms with Crippen LogP contribution in [-0.4, -0.2) is 39.6 Å². The van der Waals surface area contributed by atoms with Crippen molar-refractivity contribution < 1.29 is 9.59 Å². The number of rotatable bonds is 7. The molecule has 29 heavy (non-hydrogen) atoms. The van der Waals surface area contributed by atoms with Crippen LogP contribution < -0.4 is 5.32 Å². The maximum atomic E-state index is 12.9. The van der Waals surface area contributed by atoms with E-state index in [1.807, 2.05) is 76.4 Å². The van der Waals surface area contributed by atoms with Crippen molar-refractivity contribution in [3.8, 4) is 0 Å². The van der Waals surface area contributed by atoms with Crippen molar-refractivity contribution in [2.24, 2.45) is 0 Å². The van der Waals surface area contributed by atoms with Crippen molar-refractivity contribution in [2.75, 3.05) is 13.1 Å². The van der Waals surface area contributed by atoms with Crippen LogP contribution in [-0.2, 0) is 11.3 Å². The molecule has 1 aliphatic heterocycles. The number of amides is 2. The van der Waals surface area contributed by atoms with Crippen LogP contribution in [0.5, 0.6) is 0 Å². The number of nitrogens with zero attached hydrogens (tertiary/aromatic N) is 3. The molecule has 6 nitrogen and oxygen atoms in total. The third-order valence-electron chi connectivity index (χ3n) is 5.20. The fourth-order valence-corrected chi connectivity index (χ4v) is 3.62. The predicted molar refractivity (Wildman–Crippen MR) is 110 cm³/mol. The van der Waals surface area contributed by atoms with E-state index < -0.39 is 0 Å². The molecule has 2 heterocycles. The second-order valence-electron chi connectivity index (χ2n) is 7.28. The van der Waals surface area contributed by atoms with Crippen molar-refractivity contribution in [2.45, 2.75) is 25.4 Å². The van der Waals surface area contributed by atoms with Crippen LogP contribution in [0.3, 0.4) is 0 Å². The highest BCUT2D eigenvalue weighted by Gasteiger charge is 2.25. The van der Waals surface area contributed by atoms with Gasteiger partial charge in [-0.25, -0.2) is 0 Å². The van der Waals surface area contributed by atoms with E-state index >= 15 is 0 Å². The maximum absolute atomic E-state index is 12.9. The van der Waals surface area contributed by atoms with E-state index in [1.54, 1.807) is 6.20 Å². The Morgan fingerprint density at radius 3 is 2.52 bits per heavy atom. The lowest BCUT2D eigenvalue weighted by atomic mass is 10.1. The molecule has 1 saturated heterocycles. The summed E-state index contributed by atoms with van der Waals surface area (Å²) >= 11 is 0. The van der Waals surface area contributed by atoms with Crippen LogP contribution >= 0.6 is 0 Å². The summed E-state index contributed by atoms with van der Waals surface area (Å²) in [6, 6.07) is 19.0. The number of aromatic nitrogens is 2. The molecule has 2 aromatic carbocycles. The molecule has 0 radical (unpaired) electrons. The number of likely N-dealkylation sites (tertiary alicyclic amines) is 1. The van der Waals surface area contributed by atoms with E-state index in [0.29, 0.717) is 25.1 Å².